The van der Waals surface area contributed by atoms with Gasteiger partial charge in [-0.15, -0.1) is 12.4 Å². The van der Waals surface area contributed by atoms with Crippen molar-refractivity contribution in [3.63, 3.8) is 0 Å². The van der Waals surface area contributed by atoms with E-state index < -0.39 is 0 Å². The van der Waals surface area contributed by atoms with Crippen LogP contribution in [0.5, 0.6) is 5.75 Å². The van der Waals surface area contributed by atoms with Crippen LogP contribution in [0.1, 0.15) is 18.1 Å². The van der Waals surface area contributed by atoms with Gasteiger partial charge in [0.2, 0.25) is 0 Å². The zero-order chi connectivity index (χ0) is 14.5. The standard InChI is InChI=1S/C17H19NO2.ClH/c1-12-3-9-16(10-4-12)20-17(19)13(2)11-14-5-7-15(18)8-6-14;/h3-10,13H,11,18H2,1-2H3;1H. The molecule has 0 aliphatic rings. The zero-order valence-electron chi connectivity index (χ0n) is 12.2. The lowest BCUT2D eigenvalue weighted by Gasteiger charge is -2.11. The van der Waals surface area contributed by atoms with Crippen LogP contribution in [0.25, 0.3) is 0 Å². The lowest BCUT2D eigenvalue weighted by Crippen LogP contribution is -2.19. The van der Waals surface area contributed by atoms with Crippen molar-refractivity contribution in [3.8, 4) is 5.75 Å². The van der Waals surface area contributed by atoms with Crippen molar-refractivity contribution in [3.05, 3.63) is 59.7 Å². The van der Waals surface area contributed by atoms with Gasteiger partial charge in [0.25, 0.3) is 0 Å². The molecule has 0 aliphatic heterocycles. The monoisotopic (exact) mass is 305 g/mol. The van der Waals surface area contributed by atoms with Crippen LogP contribution in [0, 0.1) is 12.8 Å². The Morgan fingerprint density at radius 1 is 1.10 bits per heavy atom. The summed E-state index contributed by atoms with van der Waals surface area (Å²) in [7, 11) is 0. The Bertz CT molecular complexity index is 579. The molecule has 2 N–H and O–H groups in total. The first-order valence-electron chi connectivity index (χ1n) is 6.67. The summed E-state index contributed by atoms with van der Waals surface area (Å²) in [6.07, 6.45) is 0.644. The predicted molar refractivity (Wildman–Crippen MR) is 87.8 cm³/mol. The second kappa shape index (κ2) is 7.70. The summed E-state index contributed by atoms with van der Waals surface area (Å²) in [4.78, 5) is 12.0. The van der Waals surface area contributed by atoms with Crippen molar-refractivity contribution in [2.24, 2.45) is 5.92 Å². The fourth-order valence-corrected chi connectivity index (χ4v) is 1.91. The van der Waals surface area contributed by atoms with E-state index in [1.807, 2.05) is 62.4 Å². The van der Waals surface area contributed by atoms with Gasteiger partial charge in [-0.3, -0.25) is 4.79 Å². The number of nitrogens with two attached hydrogens (primary N) is 1. The summed E-state index contributed by atoms with van der Waals surface area (Å²) in [6.45, 7) is 3.86. The Morgan fingerprint density at radius 2 is 1.67 bits per heavy atom. The van der Waals surface area contributed by atoms with E-state index >= 15 is 0 Å². The minimum atomic E-state index is -0.217. The van der Waals surface area contributed by atoms with E-state index in [0.29, 0.717) is 12.2 Å². The third-order valence-corrected chi connectivity index (χ3v) is 3.16. The van der Waals surface area contributed by atoms with E-state index in [0.717, 1.165) is 16.8 Å². The van der Waals surface area contributed by atoms with Gasteiger partial charge in [0, 0.05) is 5.69 Å². The third-order valence-electron chi connectivity index (χ3n) is 3.16. The average Bonchev–Trinajstić information content (AvgIpc) is 2.44. The SMILES string of the molecule is Cc1ccc(OC(=O)C(C)Cc2ccc(N)cc2)cc1.Cl. The summed E-state index contributed by atoms with van der Waals surface area (Å²) >= 11 is 0. The highest BCUT2D eigenvalue weighted by Crippen LogP contribution is 2.16. The molecule has 0 fully saturated rings. The highest BCUT2D eigenvalue weighted by atomic mass is 35.5. The summed E-state index contributed by atoms with van der Waals surface area (Å²) in [5.41, 5.74) is 8.58. The van der Waals surface area contributed by atoms with Crippen molar-refractivity contribution in [1.29, 1.82) is 0 Å². The summed E-state index contributed by atoms with van der Waals surface area (Å²) < 4.78 is 5.36. The van der Waals surface area contributed by atoms with E-state index in [4.69, 9.17) is 10.5 Å². The molecular formula is C17H20ClNO2. The van der Waals surface area contributed by atoms with E-state index in [-0.39, 0.29) is 24.3 Å². The molecule has 21 heavy (non-hydrogen) atoms. The molecule has 0 radical (unpaired) electrons. The smallest absolute Gasteiger partial charge is 0.314 e. The minimum Gasteiger partial charge on any atom is -0.426 e. The van der Waals surface area contributed by atoms with Crippen LogP contribution in [0.15, 0.2) is 48.5 Å². The highest BCUT2D eigenvalue weighted by Gasteiger charge is 2.15. The van der Waals surface area contributed by atoms with Crippen molar-refractivity contribution in [2.45, 2.75) is 20.3 Å². The van der Waals surface area contributed by atoms with Gasteiger partial charge in [0.15, 0.2) is 0 Å². The van der Waals surface area contributed by atoms with Gasteiger partial charge in [0.1, 0.15) is 5.75 Å². The van der Waals surface area contributed by atoms with Crippen molar-refractivity contribution in [1.82, 2.24) is 0 Å². The van der Waals surface area contributed by atoms with Crippen LogP contribution < -0.4 is 10.5 Å². The van der Waals surface area contributed by atoms with Crippen LogP contribution in [0.4, 0.5) is 5.69 Å². The number of halogens is 1. The number of ether oxygens (including phenoxy) is 1. The highest BCUT2D eigenvalue weighted by molar-refractivity contribution is 5.85. The molecule has 0 saturated heterocycles. The third kappa shape index (κ3) is 5.12. The van der Waals surface area contributed by atoms with E-state index in [2.05, 4.69) is 0 Å². The molecule has 0 amide bonds. The normalized spacial score (nSPS) is 11.3. The number of hydrogen-bond acceptors (Lipinski definition) is 3. The summed E-state index contributed by atoms with van der Waals surface area (Å²) in [5.74, 6) is 0.176. The average molecular weight is 306 g/mol. The molecule has 0 bridgehead atoms. The zero-order valence-corrected chi connectivity index (χ0v) is 13.0. The molecule has 0 aromatic heterocycles. The van der Waals surface area contributed by atoms with Crippen molar-refractivity contribution < 1.29 is 9.53 Å². The van der Waals surface area contributed by atoms with Crippen molar-refractivity contribution in [2.75, 3.05) is 5.73 Å². The molecule has 0 spiro atoms. The first-order valence-corrected chi connectivity index (χ1v) is 6.67. The lowest BCUT2D eigenvalue weighted by molar-refractivity contribution is -0.138. The number of esters is 1. The number of anilines is 1. The summed E-state index contributed by atoms with van der Waals surface area (Å²) in [6, 6.07) is 15.0. The second-order valence-electron chi connectivity index (χ2n) is 5.08. The Kier molecular flexibility index (Phi) is 6.25. The van der Waals surface area contributed by atoms with Crippen LogP contribution in [-0.2, 0) is 11.2 Å². The molecule has 2 aromatic carbocycles. The maximum atomic E-state index is 12.0. The first kappa shape index (κ1) is 17.1. The minimum absolute atomic E-state index is 0. The van der Waals surface area contributed by atoms with Crippen LogP contribution in [-0.4, -0.2) is 5.97 Å². The number of aryl methyl sites for hydroxylation is 1. The van der Waals surface area contributed by atoms with Crippen LogP contribution >= 0.6 is 12.4 Å². The number of nitrogen functional groups attached to an aromatic ring is 1. The van der Waals surface area contributed by atoms with E-state index in [9.17, 15) is 4.79 Å². The fourth-order valence-electron chi connectivity index (χ4n) is 1.91. The van der Waals surface area contributed by atoms with E-state index in [1.54, 1.807) is 0 Å². The van der Waals surface area contributed by atoms with E-state index in [1.165, 1.54) is 0 Å². The van der Waals surface area contributed by atoms with Gasteiger partial charge in [-0.2, -0.15) is 0 Å². The molecular weight excluding hydrogens is 286 g/mol. The van der Waals surface area contributed by atoms with Gasteiger partial charge < -0.3 is 10.5 Å². The maximum absolute atomic E-state index is 12.0. The Hall–Kier alpha value is -2.00. The lowest BCUT2D eigenvalue weighted by atomic mass is 10.0. The Morgan fingerprint density at radius 3 is 2.24 bits per heavy atom. The quantitative estimate of drug-likeness (QED) is 0.531. The molecule has 0 aliphatic carbocycles. The van der Waals surface area contributed by atoms with Gasteiger partial charge in [-0.1, -0.05) is 36.8 Å². The molecule has 1 atom stereocenters. The van der Waals surface area contributed by atoms with Gasteiger partial charge in [0.05, 0.1) is 5.92 Å². The van der Waals surface area contributed by atoms with Crippen LogP contribution in [0.2, 0.25) is 0 Å². The van der Waals surface area contributed by atoms with Gasteiger partial charge >= 0.3 is 5.97 Å². The number of rotatable bonds is 4. The Labute approximate surface area is 131 Å². The summed E-state index contributed by atoms with van der Waals surface area (Å²) in [5, 5.41) is 0. The molecule has 3 nitrogen and oxygen atoms in total. The molecule has 2 rings (SSSR count). The molecule has 2 aromatic rings. The molecule has 1 unspecified atom stereocenters. The predicted octanol–water partition coefficient (Wildman–Crippen LogP) is 3.78. The second-order valence-corrected chi connectivity index (χ2v) is 5.08. The maximum Gasteiger partial charge on any atom is 0.314 e. The van der Waals surface area contributed by atoms with Crippen LogP contribution in [0.3, 0.4) is 0 Å². The molecule has 4 heteroatoms. The number of hydrogen-bond donors (Lipinski definition) is 1. The number of carbonyl (C=O) groups is 1. The van der Waals surface area contributed by atoms with Crippen molar-refractivity contribution >= 4 is 24.1 Å². The molecule has 0 heterocycles. The Balaban J connectivity index is 0.00000220. The van der Waals surface area contributed by atoms with Gasteiger partial charge in [-0.25, -0.2) is 0 Å². The first-order chi connectivity index (χ1) is 9.54. The molecule has 0 saturated carbocycles. The number of carbonyl (C=O) groups excluding carboxylic acids is 1. The largest absolute Gasteiger partial charge is 0.426 e. The fraction of sp³-hybridized carbons (Fsp3) is 0.235. The number of benzene rings is 2. The van der Waals surface area contributed by atoms with Gasteiger partial charge in [-0.05, 0) is 43.2 Å². The topological polar surface area (TPSA) is 52.3 Å². The molecule has 112 valence electrons.